The number of ether oxygens (including phenoxy) is 2. The molecule has 0 spiro atoms. The van der Waals surface area contributed by atoms with E-state index in [4.69, 9.17) is 14.5 Å². The van der Waals surface area contributed by atoms with Crippen LogP contribution in [0.4, 0.5) is 23.1 Å². The molecule has 0 atom stereocenters. The van der Waals surface area contributed by atoms with E-state index < -0.39 is 0 Å². The van der Waals surface area contributed by atoms with Gasteiger partial charge in [0.2, 0.25) is 5.95 Å². The lowest BCUT2D eigenvalue weighted by atomic mass is 9.75. The molecule has 7 nitrogen and oxygen atoms in total. The molecule has 0 unspecified atom stereocenters. The van der Waals surface area contributed by atoms with E-state index in [1.807, 2.05) is 48.5 Å². The van der Waals surface area contributed by atoms with Gasteiger partial charge in [0, 0.05) is 18.2 Å². The largest absolute Gasteiger partial charge is 0.497 e. The number of hydrogen-bond donors (Lipinski definition) is 2. The van der Waals surface area contributed by atoms with E-state index in [0.717, 1.165) is 17.1 Å². The molecule has 1 aliphatic rings. The predicted molar refractivity (Wildman–Crippen MR) is 121 cm³/mol. The van der Waals surface area contributed by atoms with Crippen molar-refractivity contribution in [3.05, 3.63) is 59.8 Å². The first kappa shape index (κ1) is 20.7. The lowest BCUT2D eigenvalue weighted by molar-refractivity contribution is 0.0911. The fraction of sp³-hybridized carbons (Fsp3) is 0.292. The molecule has 1 heterocycles. The van der Waals surface area contributed by atoms with Crippen molar-refractivity contribution in [1.82, 2.24) is 9.97 Å². The Kier molecular flexibility index (Phi) is 5.50. The molecule has 0 bridgehead atoms. The van der Waals surface area contributed by atoms with Crippen LogP contribution in [0.3, 0.4) is 0 Å². The van der Waals surface area contributed by atoms with Gasteiger partial charge in [-0.1, -0.05) is 32.0 Å². The Hall–Kier alpha value is -3.61. The molecule has 31 heavy (non-hydrogen) atoms. The molecule has 7 heteroatoms. The van der Waals surface area contributed by atoms with Gasteiger partial charge >= 0.3 is 0 Å². The zero-order chi connectivity index (χ0) is 22.0. The number of carbonyl (C=O) groups is 1. The molecule has 1 aromatic heterocycles. The van der Waals surface area contributed by atoms with Gasteiger partial charge in [0.25, 0.3) is 0 Å². The van der Waals surface area contributed by atoms with E-state index in [-0.39, 0.29) is 11.2 Å². The standard InChI is InChI=1S/C24H26N4O3/c1-24(2)13-18-21(19(29)14-24)22(25-15-8-7-9-16(12-15)30-3)28-23(27-18)26-17-10-5-6-11-20(17)31-4/h5-12H,13-14H2,1-4H3,(H2,25,26,27,28). The number of nitrogens with zero attached hydrogens (tertiary/aromatic N) is 2. The Morgan fingerprint density at radius 2 is 1.74 bits per heavy atom. The number of rotatable bonds is 6. The van der Waals surface area contributed by atoms with E-state index in [9.17, 15) is 4.79 Å². The van der Waals surface area contributed by atoms with E-state index in [1.165, 1.54) is 0 Å². The summed E-state index contributed by atoms with van der Waals surface area (Å²) >= 11 is 0. The summed E-state index contributed by atoms with van der Waals surface area (Å²) in [6, 6.07) is 15.1. The van der Waals surface area contributed by atoms with Gasteiger partial charge in [-0.25, -0.2) is 4.98 Å². The molecule has 4 rings (SSSR count). The van der Waals surface area contributed by atoms with Gasteiger partial charge in [0.1, 0.15) is 17.3 Å². The monoisotopic (exact) mass is 418 g/mol. The summed E-state index contributed by atoms with van der Waals surface area (Å²) in [6.45, 7) is 4.16. The molecule has 2 aromatic carbocycles. The quantitative estimate of drug-likeness (QED) is 0.573. The zero-order valence-corrected chi connectivity index (χ0v) is 18.2. The second-order valence-corrected chi connectivity index (χ2v) is 8.34. The Morgan fingerprint density at radius 3 is 2.52 bits per heavy atom. The molecule has 3 aromatic rings. The third kappa shape index (κ3) is 4.45. The van der Waals surface area contributed by atoms with Crippen LogP contribution in [0, 0.1) is 5.41 Å². The molecular weight excluding hydrogens is 392 g/mol. The molecule has 0 fully saturated rings. The smallest absolute Gasteiger partial charge is 0.229 e. The minimum Gasteiger partial charge on any atom is -0.497 e. The molecule has 0 radical (unpaired) electrons. The summed E-state index contributed by atoms with van der Waals surface area (Å²) in [6.07, 6.45) is 1.14. The van der Waals surface area contributed by atoms with Crippen LogP contribution in [0.15, 0.2) is 48.5 Å². The highest BCUT2D eigenvalue weighted by atomic mass is 16.5. The lowest BCUT2D eigenvalue weighted by Gasteiger charge is -2.30. The number of ketones is 1. The molecule has 160 valence electrons. The highest BCUT2D eigenvalue weighted by molar-refractivity contribution is 6.03. The summed E-state index contributed by atoms with van der Waals surface area (Å²) in [4.78, 5) is 22.4. The Morgan fingerprint density at radius 1 is 0.935 bits per heavy atom. The normalized spacial score (nSPS) is 14.5. The Bertz CT molecular complexity index is 1130. The van der Waals surface area contributed by atoms with Crippen LogP contribution >= 0.6 is 0 Å². The minimum absolute atomic E-state index is 0.0421. The van der Waals surface area contributed by atoms with Gasteiger partial charge in [-0.3, -0.25) is 4.79 Å². The van der Waals surface area contributed by atoms with Gasteiger partial charge in [0.15, 0.2) is 5.78 Å². The van der Waals surface area contributed by atoms with E-state index in [1.54, 1.807) is 14.2 Å². The predicted octanol–water partition coefficient (Wildman–Crippen LogP) is 5.14. The summed E-state index contributed by atoms with van der Waals surface area (Å²) in [5.74, 6) is 2.33. The zero-order valence-electron chi connectivity index (χ0n) is 18.2. The maximum absolute atomic E-state index is 13.0. The molecule has 0 saturated heterocycles. The molecule has 0 aliphatic heterocycles. The summed E-state index contributed by atoms with van der Waals surface area (Å²) in [7, 11) is 3.23. The van der Waals surface area contributed by atoms with Crippen molar-refractivity contribution in [2.75, 3.05) is 24.9 Å². The highest BCUT2D eigenvalue weighted by Crippen LogP contribution is 2.38. The Balaban J connectivity index is 1.78. The summed E-state index contributed by atoms with van der Waals surface area (Å²) < 4.78 is 10.7. The number of Topliss-reactive ketones (excluding diaryl/α,β-unsaturated/α-hetero) is 1. The average molecular weight is 418 g/mol. The number of methoxy groups -OCH3 is 2. The van der Waals surface area contributed by atoms with Gasteiger partial charge in [-0.2, -0.15) is 4.98 Å². The number of nitrogens with one attached hydrogen (secondary N) is 2. The van der Waals surface area contributed by atoms with Crippen LogP contribution in [0.5, 0.6) is 11.5 Å². The first-order chi connectivity index (χ1) is 14.9. The fourth-order valence-electron chi connectivity index (χ4n) is 3.82. The van der Waals surface area contributed by atoms with Gasteiger partial charge in [0.05, 0.1) is 31.2 Å². The number of hydrogen-bond acceptors (Lipinski definition) is 7. The fourth-order valence-corrected chi connectivity index (χ4v) is 3.82. The van der Waals surface area contributed by atoms with Gasteiger partial charge in [-0.05, 0) is 36.1 Å². The van der Waals surface area contributed by atoms with Gasteiger partial charge in [-0.15, -0.1) is 0 Å². The average Bonchev–Trinajstić information content (AvgIpc) is 2.73. The molecule has 2 N–H and O–H groups in total. The van der Waals surface area contributed by atoms with Crippen LogP contribution in [-0.2, 0) is 6.42 Å². The van der Waals surface area contributed by atoms with Crippen molar-refractivity contribution < 1.29 is 14.3 Å². The number of benzene rings is 2. The van der Waals surface area contributed by atoms with E-state index in [2.05, 4.69) is 29.5 Å². The second-order valence-electron chi connectivity index (χ2n) is 8.34. The molecule has 0 saturated carbocycles. The van der Waals surface area contributed by atoms with Crippen LogP contribution in [0.1, 0.15) is 36.3 Å². The molecule has 0 amide bonds. The lowest BCUT2D eigenvalue weighted by Crippen LogP contribution is -2.29. The second kappa shape index (κ2) is 8.26. The minimum atomic E-state index is -0.159. The van der Waals surface area contributed by atoms with Crippen LogP contribution in [0.25, 0.3) is 0 Å². The third-order valence-corrected chi connectivity index (χ3v) is 5.23. The van der Waals surface area contributed by atoms with Crippen LogP contribution in [0.2, 0.25) is 0 Å². The Labute approximate surface area is 181 Å². The van der Waals surface area contributed by atoms with Gasteiger partial charge < -0.3 is 20.1 Å². The van der Waals surface area contributed by atoms with Crippen molar-refractivity contribution in [3.8, 4) is 11.5 Å². The maximum atomic E-state index is 13.0. The van der Waals surface area contributed by atoms with Crippen molar-refractivity contribution >= 4 is 28.9 Å². The third-order valence-electron chi connectivity index (χ3n) is 5.23. The number of anilines is 4. The number of para-hydroxylation sites is 2. The molecular formula is C24H26N4O3. The number of carbonyl (C=O) groups excluding carboxylic acids is 1. The summed E-state index contributed by atoms with van der Waals surface area (Å²) in [5, 5.41) is 6.54. The topological polar surface area (TPSA) is 85.4 Å². The van der Waals surface area contributed by atoms with Crippen molar-refractivity contribution in [2.24, 2.45) is 5.41 Å². The maximum Gasteiger partial charge on any atom is 0.229 e. The van der Waals surface area contributed by atoms with Crippen molar-refractivity contribution in [2.45, 2.75) is 26.7 Å². The molecule has 1 aliphatic carbocycles. The van der Waals surface area contributed by atoms with Crippen LogP contribution in [-0.4, -0.2) is 30.0 Å². The van der Waals surface area contributed by atoms with E-state index >= 15 is 0 Å². The first-order valence-corrected chi connectivity index (χ1v) is 10.1. The van der Waals surface area contributed by atoms with Crippen molar-refractivity contribution in [3.63, 3.8) is 0 Å². The highest BCUT2D eigenvalue weighted by Gasteiger charge is 2.35. The van der Waals surface area contributed by atoms with E-state index in [0.29, 0.717) is 41.7 Å². The van der Waals surface area contributed by atoms with Crippen LogP contribution < -0.4 is 20.1 Å². The van der Waals surface area contributed by atoms with Crippen molar-refractivity contribution in [1.29, 1.82) is 0 Å². The SMILES string of the molecule is COc1cccc(Nc2nc(Nc3ccccc3OC)nc3c2C(=O)CC(C)(C)C3)c1. The summed E-state index contributed by atoms with van der Waals surface area (Å²) in [5.41, 5.74) is 2.65. The number of aromatic nitrogens is 2. The number of fused-ring (bicyclic) bond motifs is 1. The first-order valence-electron chi connectivity index (χ1n) is 10.1.